The van der Waals surface area contributed by atoms with Crippen LogP contribution in [0.3, 0.4) is 0 Å². The van der Waals surface area contributed by atoms with Gasteiger partial charge in [0.15, 0.2) is 5.16 Å². The molecule has 1 fully saturated rings. The summed E-state index contributed by atoms with van der Waals surface area (Å²) in [4.78, 5) is 4.68. The first-order chi connectivity index (χ1) is 13.1. The van der Waals surface area contributed by atoms with E-state index in [1.54, 1.807) is 23.1 Å². The third-order valence-electron chi connectivity index (χ3n) is 4.24. The predicted molar refractivity (Wildman–Crippen MR) is 110 cm³/mol. The smallest absolute Gasteiger partial charge is 0.191 e. The van der Waals surface area contributed by atoms with Crippen molar-refractivity contribution in [3.63, 3.8) is 0 Å². The van der Waals surface area contributed by atoms with Gasteiger partial charge in [0.2, 0.25) is 0 Å². The quantitative estimate of drug-likeness (QED) is 0.436. The van der Waals surface area contributed by atoms with E-state index in [9.17, 15) is 0 Å². The van der Waals surface area contributed by atoms with Crippen molar-refractivity contribution in [1.82, 2.24) is 19.7 Å². The Hall–Kier alpha value is -1.57. The van der Waals surface area contributed by atoms with Gasteiger partial charge in [-0.1, -0.05) is 37.2 Å². The summed E-state index contributed by atoms with van der Waals surface area (Å²) in [6, 6.07) is 7.96. The minimum absolute atomic E-state index is 0.392. The lowest BCUT2D eigenvalue weighted by molar-refractivity contribution is 0.305. The summed E-state index contributed by atoms with van der Waals surface area (Å²) in [6.45, 7) is 4.81. The molecule has 27 heavy (non-hydrogen) atoms. The largest absolute Gasteiger partial charge is 0.486 e. The van der Waals surface area contributed by atoms with Gasteiger partial charge >= 0.3 is 0 Å². The molecule has 0 radical (unpaired) electrons. The van der Waals surface area contributed by atoms with Crippen LogP contribution in [0.2, 0.25) is 5.02 Å². The highest BCUT2D eigenvalue weighted by Crippen LogP contribution is 2.40. The van der Waals surface area contributed by atoms with Crippen molar-refractivity contribution in [3.8, 4) is 5.75 Å². The molecule has 0 aliphatic heterocycles. The highest BCUT2D eigenvalue weighted by molar-refractivity contribution is 7.98. The average molecular weight is 421 g/mol. The molecule has 4 rings (SSSR count). The molecule has 3 aromatic rings. The predicted octanol–water partition coefficient (Wildman–Crippen LogP) is 5.72. The third kappa shape index (κ3) is 4.65. The van der Waals surface area contributed by atoms with Gasteiger partial charge in [-0.05, 0) is 37.1 Å². The second-order valence-electron chi connectivity index (χ2n) is 6.86. The van der Waals surface area contributed by atoms with Crippen molar-refractivity contribution in [3.05, 3.63) is 51.2 Å². The molecule has 0 saturated heterocycles. The van der Waals surface area contributed by atoms with Gasteiger partial charge in [0.1, 0.15) is 23.2 Å². The second-order valence-corrected chi connectivity index (χ2v) is 9.18. The summed E-state index contributed by atoms with van der Waals surface area (Å²) in [7, 11) is 0. The van der Waals surface area contributed by atoms with Gasteiger partial charge in [-0.15, -0.1) is 21.5 Å². The van der Waals surface area contributed by atoms with Gasteiger partial charge in [0.05, 0.1) is 5.69 Å². The van der Waals surface area contributed by atoms with E-state index >= 15 is 0 Å². The molecule has 8 heteroatoms. The van der Waals surface area contributed by atoms with Crippen LogP contribution in [-0.2, 0) is 12.4 Å². The topological polar surface area (TPSA) is 52.8 Å². The van der Waals surface area contributed by atoms with E-state index < -0.39 is 0 Å². The Morgan fingerprint density at radius 1 is 1.26 bits per heavy atom. The molecular weight excluding hydrogens is 400 g/mol. The van der Waals surface area contributed by atoms with Crippen LogP contribution in [0.4, 0.5) is 0 Å². The first kappa shape index (κ1) is 18.8. The maximum atomic E-state index is 5.89. The molecule has 0 unspecified atom stereocenters. The zero-order chi connectivity index (χ0) is 18.8. The van der Waals surface area contributed by atoms with Gasteiger partial charge in [-0.3, -0.25) is 0 Å². The monoisotopic (exact) mass is 420 g/mol. The van der Waals surface area contributed by atoms with Crippen LogP contribution in [0.25, 0.3) is 0 Å². The molecule has 0 amide bonds. The highest BCUT2D eigenvalue weighted by Gasteiger charge is 2.30. The van der Waals surface area contributed by atoms with Crippen LogP contribution in [0.5, 0.6) is 5.75 Å². The maximum absolute atomic E-state index is 5.89. The number of rotatable bonds is 8. The molecule has 0 bridgehead atoms. The summed E-state index contributed by atoms with van der Waals surface area (Å²) in [5, 5.41) is 13.6. The van der Waals surface area contributed by atoms with Crippen molar-refractivity contribution in [2.24, 2.45) is 0 Å². The molecule has 0 N–H and O–H groups in total. The first-order valence-electron chi connectivity index (χ1n) is 8.99. The fraction of sp³-hybridized carbons (Fsp3) is 0.421. The number of thioether (sulfide) groups is 1. The van der Waals surface area contributed by atoms with Gasteiger partial charge in [0, 0.05) is 28.1 Å². The van der Waals surface area contributed by atoms with E-state index in [0.717, 1.165) is 33.2 Å². The van der Waals surface area contributed by atoms with Crippen molar-refractivity contribution in [2.75, 3.05) is 0 Å². The molecule has 0 spiro atoms. The SMILES string of the molecule is CC(C)c1nnc(SCc2csc(COc3ccc(Cl)cc3)n2)n1C1CC1. The van der Waals surface area contributed by atoms with Gasteiger partial charge < -0.3 is 9.30 Å². The van der Waals surface area contributed by atoms with Crippen molar-refractivity contribution in [1.29, 1.82) is 0 Å². The van der Waals surface area contributed by atoms with Crippen LogP contribution in [0, 0.1) is 0 Å². The highest BCUT2D eigenvalue weighted by atomic mass is 35.5. The lowest BCUT2D eigenvalue weighted by Gasteiger charge is -2.10. The number of ether oxygens (including phenoxy) is 1. The summed E-state index contributed by atoms with van der Waals surface area (Å²) in [6.07, 6.45) is 2.46. The van der Waals surface area contributed by atoms with Crippen LogP contribution < -0.4 is 4.74 Å². The van der Waals surface area contributed by atoms with E-state index in [2.05, 4.69) is 39.0 Å². The zero-order valence-corrected chi connectivity index (χ0v) is 17.7. The average Bonchev–Trinajstić information content (AvgIpc) is 3.24. The summed E-state index contributed by atoms with van der Waals surface area (Å²) in [5.41, 5.74) is 1.05. The standard InChI is InChI=1S/C19H21ClN4OS2/c1-12(2)18-22-23-19(24(18)15-5-6-15)27-11-14-10-26-17(21-14)9-25-16-7-3-13(20)4-8-16/h3-4,7-8,10,12,15H,5-6,9,11H2,1-2H3. The fourth-order valence-electron chi connectivity index (χ4n) is 2.75. The number of aromatic nitrogens is 4. The first-order valence-corrected chi connectivity index (χ1v) is 11.2. The molecule has 1 aliphatic rings. The molecule has 1 saturated carbocycles. The normalized spacial score (nSPS) is 14.1. The molecule has 0 atom stereocenters. The number of hydrogen-bond acceptors (Lipinski definition) is 6. The Labute approximate surface area is 172 Å². The van der Waals surface area contributed by atoms with Crippen molar-refractivity contribution >= 4 is 34.7 Å². The molecule has 2 heterocycles. The Morgan fingerprint density at radius 3 is 2.74 bits per heavy atom. The van der Waals surface area contributed by atoms with Crippen LogP contribution in [0.15, 0.2) is 34.8 Å². The second kappa shape index (κ2) is 8.20. The Kier molecular flexibility index (Phi) is 5.71. The molecule has 1 aliphatic carbocycles. The van der Waals surface area contributed by atoms with E-state index in [0.29, 0.717) is 23.6 Å². The molecule has 5 nitrogen and oxygen atoms in total. The lowest BCUT2D eigenvalue weighted by atomic mass is 10.2. The maximum Gasteiger partial charge on any atom is 0.191 e. The van der Waals surface area contributed by atoms with Gasteiger partial charge in [-0.25, -0.2) is 4.98 Å². The van der Waals surface area contributed by atoms with Gasteiger partial charge in [0.25, 0.3) is 0 Å². The van der Waals surface area contributed by atoms with Crippen LogP contribution in [-0.4, -0.2) is 19.7 Å². The third-order valence-corrected chi connectivity index (χ3v) is 6.34. The lowest BCUT2D eigenvalue weighted by Crippen LogP contribution is -2.04. The van der Waals surface area contributed by atoms with Gasteiger partial charge in [-0.2, -0.15) is 0 Å². The van der Waals surface area contributed by atoms with Crippen molar-refractivity contribution in [2.45, 2.75) is 56.2 Å². The number of nitrogens with zero attached hydrogens (tertiary/aromatic N) is 4. The minimum atomic E-state index is 0.392. The summed E-state index contributed by atoms with van der Waals surface area (Å²) < 4.78 is 8.09. The van der Waals surface area contributed by atoms with E-state index in [-0.39, 0.29) is 0 Å². The summed E-state index contributed by atoms with van der Waals surface area (Å²) in [5.74, 6) is 3.07. The van der Waals surface area contributed by atoms with E-state index in [4.69, 9.17) is 16.3 Å². The van der Waals surface area contributed by atoms with E-state index in [1.165, 1.54) is 12.8 Å². The zero-order valence-electron chi connectivity index (χ0n) is 15.3. The summed E-state index contributed by atoms with van der Waals surface area (Å²) >= 11 is 9.23. The Balaban J connectivity index is 1.35. The molecule has 142 valence electrons. The minimum Gasteiger partial charge on any atom is -0.486 e. The number of hydrogen-bond donors (Lipinski definition) is 0. The fourth-order valence-corrected chi connectivity index (χ4v) is 4.59. The molecular formula is C19H21ClN4OS2. The number of halogens is 1. The Morgan fingerprint density at radius 2 is 2.04 bits per heavy atom. The van der Waals surface area contributed by atoms with E-state index in [1.807, 2.05) is 24.3 Å². The number of thiazole rings is 1. The number of benzene rings is 1. The Bertz CT molecular complexity index is 903. The van der Waals surface area contributed by atoms with Crippen LogP contribution in [0.1, 0.15) is 55.2 Å². The van der Waals surface area contributed by atoms with Crippen LogP contribution >= 0.6 is 34.7 Å². The van der Waals surface area contributed by atoms with Crippen molar-refractivity contribution < 1.29 is 4.74 Å². The molecule has 2 aromatic heterocycles. The molecule has 1 aromatic carbocycles.